The number of carbonyl (C=O) groups is 1. The molecule has 0 spiro atoms. The highest BCUT2D eigenvalue weighted by Gasteiger charge is 2.21. The Morgan fingerprint density at radius 1 is 0.592 bits per heavy atom. The Labute approximate surface area is 306 Å². The molecule has 0 unspecified atom stereocenters. The number of alkyl carbamates (subject to hydrolysis) is 1. The second-order valence-electron chi connectivity index (χ2n) is 14.8. The van der Waals surface area contributed by atoms with Crippen LogP contribution in [0.1, 0.15) is 208 Å². The first-order chi connectivity index (χ1) is 23.8. The van der Waals surface area contributed by atoms with Crippen molar-refractivity contribution < 1.29 is 29.2 Å². The molecule has 7 nitrogen and oxygen atoms in total. The highest BCUT2D eigenvalue weighted by Crippen LogP contribution is 2.14. The molecular formula is C42H89NO6. The van der Waals surface area contributed by atoms with Crippen molar-refractivity contribution in [2.75, 3.05) is 46.7 Å². The maximum atomic E-state index is 11.8. The molecule has 1 amide bonds. The van der Waals surface area contributed by atoms with Gasteiger partial charge in [0.2, 0.25) is 0 Å². The molecule has 3 N–H and O–H groups in total. The fraction of sp³-hybridized carbons (Fsp3) is 0.976. The molecule has 0 heterocycles. The summed E-state index contributed by atoms with van der Waals surface area (Å²) in [5.41, 5.74) is -0.455. The average molecular weight is 704 g/mol. The molecule has 0 aromatic heterocycles. The number of unbranched alkanes of at least 4 members (excludes halogenated alkanes) is 22. The Balaban J connectivity index is -0.00000104. The largest absolute Gasteiger partial charge is 0.447 e. The van der Waals surface area contributed by atoms with Gasteiger partial charge in [0.1, 0.15) is 6.61 Å². The molecule has 0 bridgehead atoms. The van der Waals surface area contributed by atoms with Gasteiger partial charge in [-0.05, 0) is 45.4 Å². The Hall–Kier alpha value is -0.890. The van der Waals surface area contributed by atoms with Crippen LogP contribution in [0.25, 0.3) is 0 Å². The Kier molecular flexibility index (Phi) is 48.3. The second kappa shape index (κ2) is 45.1. The molecule has 0 saturated carbocycles. The van der Waals surface area contributed by atoms with Gasteiger partial charge in [0, 0.05) is 40.1 Å². The molecule has 0 aliphatic rings. The van der Waals surface area contributed by atoms with Crippen molar-refractivity contribution in [1.29, 1.82) is 0 Å². The highest BCUT2D eigenvalue weighted by atomic mass is 16.6. The number of hydrogen-bond donors (Lipinski definition) is 3. The van der Waals surface area contributed by atoms with Crippen molar-refractivity contribution in [2.24, 2.45) is 5.92 Å². The maximum absolute atomic E-state index is 11.8. The first kappa shape index (κ1) is 52.5. The number of hydrogen-bond acceptors (Lipinski definition) is 6. The zero-order valence-electron chi connectivity index (χ0n) is 34.2. The second-order valence-corrected chi connectivity index (χ2v) is 14.8. The van der Waals surface area contributed by atoms with Crippen LogP contribution in [0, 0.1) is 5.92 Å². The van der Waals surface area contributed by atoms with Gasteiger partial charge >= 0.3 is 6.09 Å². The minimum atomic E-state index is -0.455. The Morgan fingerprint density at radius 2 is 0.980 bits per heavy atom. The molecular weight excluding hydrogens is 614 g/mol. The Morgan fingerprint density at radius 3 is 1.39 bits per heavy atom. The zero-order valence-corrected chi connectivity index (χ0v) is 34.2. The highest BCUT2D eigenvalue weighted by molar-refractivity contribution is 5.67. The third-order valence-corrected chi connectivity index (χ3v) is 8.63. The summed E-state index contributed by atoms with van der Waals surface area (Å²) in [5, 5.41) is 18.4. The number of aliphatic hydroxyl groups is 2. The quantitative estimate of drug-likeness (QED) is 0.0569. The first-order valence-corrected chi connectivity index (χ1v) is 21.0. The van der Waals surface area contributed by atoms with Gasteiger partial charge in [-0.25, -0.2) is 4.79 Å². The first-order valence-electron chi connectivity index (χ1n) is 21.0. The van der Waals surface area contributed by atoms with Crippen molar-refractivity contribution in [1.82, 2.24) is 5.32 Å². The van der Waals surface area contributed by atoms with Gasteiger partial charge in [-0.1, -0.05) is 169 Å². The lowest BCUT2D eigenvalue weighted by molar-refractivity contribution is -0.0601. The van der Waals surface area contributed by atoms with Gasteiger partial charge in [-0.15, -0.1) is 0 Å². The van der Waals surface area contributed by atoms with Crippen molar-refractivity contribution in [3.8, 4) is 0 Å². The summed E-state index contributed by atoms with van der Waals surface area (Å²) in [6, 6.07) is 0. The number of nitrogens with one attached hydrogen (secondary N) is 1. The van der Waals surface area contributed by atoms with Crippen LogP contribution in [0.3, 0.4) is 0 Å². The normalized spacial score (nSPS) is 11.1. The molecule has 7 heteroatoms. The van der Waals surface area contributed by atoms with Crippen molar-refractivity contribution in [3.05, 3.63) is 0 Å². The minimum Gasteiger partial charge on any atom is -0.447 e. The predicted octanol–water partition coefficient (Wildman–Crippen LogP) is 11.9. The molecule has 0 aromatic carbocycles. The fourth-order valence-electron chi connectivity index (χ4n) is 5.37. The van der Waals surface area contributed by atoms with E-state index >= 15 is 0 Å². The van der Waals surface area contributed by atoms with Crippen LogP contribution in [-0.4, -0.2) is 68.6 Å². The third kappa shape index (κ3) is 51.6. The van der Waals surface area contributed by atoms with Crippen LogP contribution in [-0.2, 0) is 14.2 Å². The van der Waals surface area contributed by atoms with Gasteiger partial charge in [-0.2, -0.15) is 0 Å². The van der Waals surface area contributed by atoms with Crippen molar-refractivity contribution >= 4 is 6.09 Å². The van der Waals surface area contributed by atoms with Gasteiger partial charge in [-0.3, -0.25) is 0 Å². The SMILES string of the molecule is CCCCCCCCCCCCCCO.CCCCCCCCCCCCCCOCCCNC(=O)OCC(C)(C)OCCC(C)C.CO. The van der Waals surface area contributed by atoms with E-state index in [9.17, 15) is 4.79 Å². The van der Waals surface area contributed by atoms with Crippen LogP contribution < -0.4 is 5.32 Å². The van der Waals surface area contributed by atoms with Gasteiger partial charge in [0.25, 0.3) is 0 Å². The third-order valence-electron chi connectivity index (χ3n) is 8.63. The summed E-state index contributed by atoms with van der Waals surface area (Å²) in [6.45, 7) is 16.2. The monoisotopic (exact) mass is 704 g/mol. The lowest BCUT2D eigenvalue weighted by atomic mass is 10.1. The number of aliphatic hydroxyl groups excluding tert-OH is 2. The predicted molar refractivity (Wildman–Crippen MR) is 212 cm³/mol. The molecule has 0 aromatic rings. The van der Waals surface area contributed by atoms with Crippen molar-refractivity contribution in [2.45, 2.75) is 214 Å². The number of rotatable bonds is 35. The van der Waals surface area contributed by atoms with Crippen LogP contribution in [0.2, 0.25) is 0 Å². The van der Waals surface area contributed by atoms with E-state index in [0.717, 1.165) is 39.4 Å². The number of amides is 1. The topological polar surface area (TPSA) is 97.3 Å². The summed E-state index contributed by atoms with van der Waals surface area (Å²) >= 11 is 0. The lowest BCUT2D eigenvalue weighted by Gasteiger charge is -2.25. The number of ether oxygens (including phenoxy) is 3. The minimum absolute atomic E-state index is 0.256. The van der Waals surface area contributed by atoms with Crippen LogP contribution in [0.5, 0.6) is 0 Å². The van der Waals surface area contributed by atoms with E-state index in [1.165, 1.54) is 141 Å². The molecule has 0 rings (SSSR count). The van der Waals surface area contributed by atoms with E-state index in [1.807, 2.05) is 13.8 Å². The summed E-state index contributed by atoms with van der Waals surface area (Å²) in [7, 11) is 1.00. The van der Waals surface area contributed by atoms with Crippen LogP contribution >= 0.6 is 0 Å². The van der Waals surface area contributed by atoms with Gasteiger partial charge < -0.3 is 29.7 Å². The smallest absolute Gasteiger partial charge is 0.407 e. The molecule has 0 radical (unpaired) electrons. The lowest BCUT2D eigenvalue weighted by Crippen LogP contribution is -2.36. The maximum Gasteiger partial charge on any atom is 0.407 e. The summed E-state index contributed by atoms with van der Waals surface area (Å²) < 4.78 is 16.8. The summed E-state index contributed by atoms with van der Waals surface area (Å²) in [5.74, 6) is 0.608. The standard InChI is InChI=1S/C27H55NO4.C14H30O.CH4O/c1-6-7-8-9-10-11-12-13-14-15-16-17-21-30-22-18-20-28-26(29)31-24-27(4,5)32-23-19-25(2)3;1-2-3-4-5-6-7-8-9-10-11-12-13-14-15;1-2/h25H,6-24H2,1-5H3,(H,28,29);15H,2-14H2,1H3;2H,1H3. The molecule has 49 heavy (non-hydrogen) atoms. The van der Waals surface area contributed by atoms with Gasteiger partial charge in [0.15, 0.2) is 0 Å². The van der Waals surface area contributed by atoms with Crippen LogP contribution in [0.4, 0.5) is 4.79 Å². The summed E-state index contributed by atoms with van der Waals surface area (Å²) in [4.78, 5) is 11.8. The van der Waals surface area contributed by atoms with Crippen LogP contribution in [0.15, 0.2) is 0 Å². The van der Waals surface area contributed by atoms with Gasteiger partial charge in [0.05, 0.1) is 5.60 Å². The van der Waals surface area contributed by atoms with E-state index in [-0.39, 0.29) is 12.7 Å². The average Bonchev–Trinajstić information content (AvgIpc) is 3.08. The number of carbonyl (C=O) groups excluding carboxylic acids is 1. The zero-order chi connectivity index (χ0) is 37.1. The molecule has 298 valence electrons. The molecule has 0 atom stereocenters. The van der Waals surface area contributed by atoms with E-state index in [4.69, 9.17) is 24.4 Å². The summed E-state index contributed by atoms with van der Waals surface area (Å²) in [6.07, 6.45) is 34.0. The Bertz CT molecular complexity index is 590. The van der Waals surface area contributed by atoms with E-state index in [1.54, 1.807) is 0 Å². The van der Waals surface area contributed by atoms with E-state index < -0.39 is 5.60 Å². The van der Waals surface area contributed by atoms with Crippen molar-refractivity contribution in [3.63, 3.8) is 0 Å². The molecule has 0 aliphatic heterocycles. The fourth-order valence-corrected chi connectivity index (χ4v) is 5.37. The molecule has 0 saturated heterocycles. The van der Waals surface area contributed by atoms with E-state index in [0.29, 0.717) is 32.3 Å². The molecule has 0 fully saturated rings. The molecule has 0 aliphatic carbocycles. The van der Waals surface area contributed by atoms with E-state index in [2.05, 4.69) is 33.0 Å².